The lowest BCUT2D eigenvalue weighted by Gasteiger charge is -2.33. The second-order valence-corrected chi connectivity index (χ2v) is 2.79. The number of hydrogen-bond acceptors (Lipinski definition) is 6. The minimum absolute atomic E-state index is 0.270. The molecule has 0 amide bonds. The number of nitrogens with zero attached hydrogens (tertiary/aromatic N) is 1. The van der Waals surface area contributed by atoms with Crippen LogP contribution in [0.25, 0.3) is 0 Å². The first-order chi connectivity index (χ1) is 5.70. The van der Waals surface area contributed by atoms with Gasteiger partial charge in [0.1, 0.15) is 12.6 Å². The summed E-state index contributed by atoms with van der Waals surface area (Å²) in [5.41, 5.74) is 16.4. The molecule has 1 unspecified atom stereocenters. The predicted octanol–water partition coefficient (Wildman–Crippen LogP) is -2.65. The van der Waals surface area contributed by atoms with Crippen molar-refractivity contribution in [2.24, 2.45) is 17.2 Å². The molecule has 0 bridgehead atoms. The topological polar surface area (TPSA) is 103 Å². The molecule has 0 saturated carbocycles. The second kappa shape index (κ2) is 4.70. The molecule has 0 radical (unpaired) electrons. The molecule has 0 spiro atoms. The molecule has 0 aliphatic carbocycles. The first-order valence-corrected chi connectivity index (χ1v) is 4.05. The van der Waals surface area contributed by atoms with E-state index in [0.29, 0.717) is 0 Å². The largest absolute Gasteiger partial charge is 0.379 e. The van der Waals surface area contributed by atoms with E-state index in [1.807, 2.05) is 4.90 Å². The highest BCUT2D eigenvalue weighted by molar-refractivity contribution is 4.67. The Bertz CT molecular complexity index is 125. The van der Waals surface area contributed by atoms with Crippen molar-refractivity contribution < 1.29 is 4.74 Å². The van der Waals surface area contributed by atoms with Gasteiger partial charge in [0.05, 0.1) is 13.2 Å². The number of nitrogens with two attached hydrogens (primary N) is 3. The summed E-state index contributed by atoms with van der Waals surface area (Å²) < 4.78 is 5.17. The Hall–Kier alpha value is -0.240. The minimum atomic E-state index is -0.567. The zero-order valence-corrected chi connectivity index (χ0v) is 7.07. The van der Waals surface area contributed by atoms with Crippen LogP contribution in [0.3, 0.4) is 0 Å². The van der Waals surface area contributed by atoms with E-state index in [1.54, 1.807) is 0 Å². The van der Waals surface area contributed by atoms with Crippen molar-refractivity contribution >= 4 is 0 Å². The lowest BCUT2D eigenvalue weighted by molar-refractivity contribution is 0.00778. The standard InChI is InChI=1S/C6H17N5O/c7-5(8)10-6(9)11-1-3-12-4-2-11/h5-6,10H,1-4,7-9H2. The number of rotatable bonds is 3. The maximum atomic E-state index is 5.75. The molecule has 12 heavy (non-hydrogen) atoms. The molecular weight excluding hydrogens is 158 g/mol. The van der Waals surface area contributed by atoms with E-state index in [2.05, 4.69) is 5.32 Å². The van der Waals surface area contributed by atoms with Crippen molar-refractivity contribution in [1.82, 2.24) is 10.2 Å². The number of morpholine rings is 1. The normalized spacial score (nSPS) is 23.0. The van der Waals surface area contributed by atoms with Crippen LogP contribution in [0.15, 0.2) is 0 Å². The van der Waals surface area contributed by atoms with Crippen LogP contribution in [0.5, 0.6) is 0 Å². The molecule has 1 atom stereocenters. The van der Waals surface area contributed by atoms with Crippen molar-refractivity contribution in [3.8, 4) is 0 Å². The summed E-state index contributed by atoms with van der Waals surface area (Å²) in [5.74, 6) is 0. The SMILES string of the molecule is NC(N)NC(N)N1CCOCC1. The highest BCUT2D eigenvalue weighted by Gasteiger charge is 2.17. The van der Waals surface area contributed by atoms with E-state index in [4.69, 9.17) is 21.9 Å². The first-order valence-electron chi connectivity index (χ1n) is 4.05. The van der Waals surface area contributed by atoms with Crippen molar-refractivity contribution in [3.63, 3.8) is 0 Å². The Kier molecular flexibility index (Phi) is 3.86. The van der Waals surface area contributed by atoms with Gasteiger partial charge in [0.25, 0.3) is 0 Å². The molecule has 0 aromatic rings. The summed E-state index contributed by atoms with van der Waals surface area (Å²) in [6, 6.07) is 0. The first kappa shape index (κ1) is 9.85. The monoisotopic (exact) mass is 175 g/mol. The quantitative estimate of drug-likeness (QED) is 0.349. The van der Waals surface area contributed by atoms with E-state index in [0.717, 1.165) is 26.3 Å². The number of nitrogens with one attached hydrogen (secondary N) is 1. The molecule has 1 fully saturated rings. The third-order valence-electron chi connectivity index (χ3n) is 1.80. The van der Waals surface area contributed by atoms with Crippen LogP contribution >= 0.6 is 0 Å². The molecule has 1 saturated heterocycles. The van der Waals surface area contributed by atoms with Gasteiger partial charge in [-0.25, -0.2) is 0 Å². The van der Waals surface area contributed by atoms with Gasteiger partial charge in [0.15, 0.2) is 0 Å². The van der Waals surface area contributed by atoms with E-state index < -0.39 is 6.29 Å². The van der Waals surface area contributed by atoms with Gasteiger partial charge in [0.2, 0.25) is 0 Å². The molecule has 6 heteroatoms. The van der Waals surface area contributed by atoms with E-state index >= 15 is 0 Å². The summed E-state index contributed by atoms with van der Waals surface area (Å²) in [7, 11) is 0. The Labute approximate surface area is 72.0 Å². The molecule has 1 heterocycles. The molecule has 1 aliphatic heterocycles. The summed E-state index contributed by atoms with van der Waals surface area (Å²) in [4.78, 5) is 2.04. The van der Waals surface area contributed by atoms with Crippen LogP contribution in [-0.2, 0) is 4.74 Å². The maximum Gasteiger partial charge on any atom is 0.114 e. The van der Waals surface area contributed by atoms with Gasteiger partial charge in [-0.2, -0.15) is 0 Å². The molecular formula is C6H17N5O. The van der Waals surface area contributed by atoms with Crippen molar-refractivity contribution in [2.75, 3.05) is 26.3 Å². The summed E-state index contributed by atoms with van der Waals surface area (Å²) in [5, 5.41) is 2.82. The van der Waals surface area contributed by atoms with E-state index in [1.165, 1.54) is 0 Å². The Morgan fingerprint density at radius 2 is 1.75 bits per heavy atom. The van der Waals surface area contributed by atoms with Crippen molar-refractivity contribution in [2.45, 2.75) is 12.6 Å². The van der Waals surface area contributed by atoms with E-state index in [9.17, 15) is 0 Å². The van der Waals surface area contributed by atoms with Crippen LogP contribution < -0.4 is 22.5 Å². The van der Waals surface area contributed by atoms with E-state index in [-0.39, 0.29) is 6.29 Å². The summed E-state index contributed by atoms with van der Waals surface area (Å²) in [6.45, 7) is 3.08. The number of hydrogen-bond donors (Lipinski definition) is 4. The molecule has 1 rings (SSSR count). The molecule has 7 N–H and O–H groups in total. The van der Waals surface area contributed by atoms with Gasteiger partial charge in [-0.3, -0.25) is 10.2 Å². The number of ether oxygens (including phenoxy) is 1. The van der Waals surface area contributed by atoms with Crippen LogP contribution in [0.2, 0.25) is 0 Å². The van der Waals surface area contributed by atoms with Crippen molar-refractivity contribution in [3.05, 3.63) is 0 Å². The van der Waals surface area contributed by atoms with Gasteiger partial charge >= 0.3 is 0 Å². The molecule has 6 nitrogen and oxygen atoms in total. The van der Waals surface area contributed by atoms with Crippen LogP contribution in [0.1, 0.15) is 0 Å². The summed E-state index contributed by atoms with van der Waals surface area (Å²) in [6.07, 6.45) is -0.836. The van der Waals surface area contributed by atoms with Gasteiger partial charge in [0, 0.05) is 13.1 Å². The highest BCUT2D eigenvalue weighted by atomic mass is 16.5. The third-order valence-corrected chi connectivity index (χ3v) is 1.80. The fourth-order valence-corrected chi connectivity index (χ4v) is 1.16. The third kappa shape index (κ3) is 3.02. The Morgan fingerprint density at radius 1 is 1.17 bits per heavy atom. The fraction of sp³-hybridized carbons (Fsp3) is 1.00. The highest BCUT2D eigenvalue weighted by Crippen LogP contribution is 1.96. The lowest BCUT2D eigenvalue weighted by atomic mass is 10.4. The van der Waals surface area contributed by atoms with Gasteiger partial charge < -0.3 is 21.9 Å². The maximum absolute atomic E-state index is 5.75. The molecule has 1 aliphatic rings. The van der Waals surface area contributed by atoms with Gasteiger partial charge in [-0.15, -0.1) is 0 Å². The summed E-state index contributed by atoms with van der Waals surface area (Å²) >= 11 is 0. The van der Waals surface area contributed by atoms with Gasteiger partial charge in [-0.05, 0) is 0 Å². The Balaban J connectivity index is 2.24. The fourth-order valence-electron chi connectivity index (χ4n) is 1.16. The minimum Gasteiger partial charge on any atom is -0.379 e. The second-order valence-electron chi connectivity index (χ2n) is 2.79. The van der Waals surface area contributed by atoms with Crippen LogP contribution in [-0.4, -0.2) is 43.8 Å². The zero-order chi connectivity index (χ0) is 8.97. The van der Waals surface area contributed by atoms with Crippen LogP contribution in [0, 0.1) is 0 Å². The molecule has 72 valence electrons. The smallest absolute Gasteiger partial charge is 0.114 e. The predicted molar refractivity (Wildman–Crippen MR) is 45.7 cm³/mol. The average Bonchev–Trinajstić information content (AvgIpc) is 2.05. The molecule has 0 aromatic heterocycles. The Morgan fingerprint density at radius 3 is 2.25 bits per heavy atom. The zero-order valence-electron chi connectivity index (χ0n) is 7.07. The molecule has 0 aromatic carbocycles. The van der Waals surface area contributed by atoms with Gasteiger partial charge in [-0.1, -0.05) is 0 Å². The lowest BCUT2D eigenvalue weighted by Crippen LogP contribution is -2.62. The van der Waals surface area contributed by atoms with Crippen molar-refractivity contribution in [1.29, 1.82) is 0 Å². The van der Waals surface area contributed by atoms with Crippen LogP contribution in [0.4, 0.5) is 0 Å². The average molecular weight is 175 g/mol.